The summed E-state index contributed by atoms with van der Waals surface area (Å²) in [6.45, 7) is -0.617. The zero-order chi connectivity index (χ0) is 13.1. The summed E-state index contributed by atoms with van der Waals surface area (Å²) >= 11 is 0. The van der Waals surface area contributed by atoms with Crippen molar-refractivity contribution in [2.75, 3.05) is 12.4 Å². The monoisotopic (exact) mass is 266 g/mol. The number of carbonyl (C=O) groups is 1. The summed E-state index contributed by atoms with van der Waals surface area (Å²) in [6, 6.07) is 2.24. The average Bonchev–Trinajstić information content (AvgIpc) is 2.15. The predicted molar refractivity (Wildman–Crippen MR) is 53.1 cm³/mol. The number of esters is 1. The molecule has 1 N–H and O–H groups in total. The van der Waals surface area contributed by atoms with Gasteiger partial charge in [0.1, 0.15) is 24.0 Å². The molecule has 5 nitrogen and oxygen atoms in total. The lowest BCUT2D eigenvalue weighted by molar-refractivity contribution is 0.0523. The van der Waals surface area contributed by atoms with Crippen LogP contribution in [-0.2, 0) is 14.9 Å². The fraction of sp³-hybridized carbons (Fsp3) is 0.222. The van der Waals surface area contributed by atoms with Crippen LogP contribution in [0.25, 0.3) is 0 Å². The summed E-state index contributed by atoms with van der Waals surface area (Å²) in [5, 5.41) is 0. The molecule has 0 saturated carbocycles. The first-order valence-corrected chi connectivity index (χ1v) is 5.98. The summed E-state index contributed by atoms with van der Waals surface area (Å²) in [5.41, 5.74) is -0.512. The molecule has 0 aliphatic heterocycles. The molecule has 0 unspecified atom stereocenters. The molecule has 0 radical (unpaired) electrons. The van der Waals surface area contributed by atoms with Gasteiger partial charge in [-0.1, -0.05) is 0 Å². The molecule has 0 saturated heterocycles. The van der Waals surface area contributed by atoms with E-state index < -0.39 is 45.6 Å². The van der Waals surface area contributed by atoms with E-state index in [-0.39, 0.29) is 0 Å². The largest absolute Gasteiger partial charge is 0.461 e. The van der Waals surface area contributed by atoms with Crippen LogP contribution >= 0.6 is 0 Å². The number of benzene rings is 1. The van der Waals surface area contributed by atoms with Gasteiger partial charge in [-0.15, -0.1) is 0 Å². The lowest BCUT2D eigenvalue weighted by atomic mass is 10.2. The average molecular weight is 266 g/mol. The Hall–Kier alpha value is -1.54. The van der Waals surface area contributed by atoms with Gasteiger partial charge < -0.3 is 4.74 Å². The highest BCUT2D eigenvalue weighted by atomic mass is 32.2. The van der Waals surface area contributed by atoms with Crippen LogP contribution < -0.4 is 0 Å². The molecule has 1 aromatic carbocycles. The minimum Gasteiger partial charge on any atom is -0.461 e. The van der Waals surface area contributed by atoms with E-state index in [2.05, 4.69) is 4.74 Å². The van der Waals surface area contributed by atoms with Crippen LogP contribution in [0.2, 0.25) is 0 Å². The van der Waals surface area contributed by atoms with Gasteiger partial charge in [-0.05, 0) is 12.1 Å². The molecule has 94 valence electrons. The van der Waals surface area contributed by atoms with Crippen LogP contribution in [0.3, 0.4) is 0 Å². The Labute approximate surface area is 95.8 Å². The van der Waals surface area contributed by atoms with E-state index in [9.17, 15) is 22.0 Å². The molecule has 0 aliphatic carbocycles. The van der Waals surface area contributed by atoms with E-state index in [0.29, 0.717) is 6.07 Å². The second-order valence-electron chi connectivity index (χ2n) is 3.05. The number of halogens is 2. The van der Waals surface area contributed by atoms with E-state index in [1.54, 1.807) is 0 Å². The lowest BCUT2D eigenvalue weighted by Crippen LogP contribution is -2.15. The summed E-state index contributed by atoms with van der Waals surface area (Å²) in [7, 11) is -4.25. The van der Waals surface area contributed by atoms with Crippen LogP contribution in [-0.4, -0.2) is 31.3 Å². The highest BCUT2D eigenvalue weighted by molar-refractivity contribution is 7.85. The zero-order valence-corrected chi connectivity index (χ0v) is 9.21. The Morgan fingerprint density at radius 1 is 1.35 bits per heavy atom. The van der Waals surface area contributed by atoms with Crippen molar-refractivity contribution < 1.29 is 31.3 Å². The Balaban J connectivity index is 2.65. The summed E-state index contributed by atoms with van der Waals surface area (Å²) in [4.78, 5) is 11.2. The fourth-order valence-corrected chi connectivity index (χ4v) is 1.27. The molecule has 0 fully saturated rings. The molecular formula is C9H8F2O5S. The molecule has 0 aliphatic rings. The smallest absolute Gasteiger partial charge is 0.341 e. The first-order valence-electron chi connectivity index (χ1n) is 4.37. The van der Waals surface area contributed by atoms with Crippen molar-refractivity contribution in [3.05, 3.63) is 35.4 Å². The molecule has 8 heteroatoms. The van der Waals surface area contributed by atoms with Crippen molar-refractivity contribution in [1.82, 2.24) is 0 Å². The maximum absolute atomic E-state index is 13.1. The highest BCUT2D eigenvalue weighted by Gasteiger charge is 2.15. The number of ether oxygens (including phenoxy) is 1. The normalized spacial score (nSPS) is 11.2. The summed E-state index contributed by atoms with van der Waals surface area (Å²) in [6.07, 6.45) is 0. The fourth-order valence-electron chi connectivity index (χ4n) is 0.972. The SMILES string of the molecule is O=C(OCCS(=O)(=O)O)c1ccc(F)cc1F. The van der Waals surface area contributed by atoms with Crippen LogP contribution in [0.1, 0.15) is 10.4 Å². The lowest BCUT2D eigenvalue weighted by Gasteiger charge is -2.04. The van der Waals surface area contributed by atoms with Crippen LogP contribution in [0.5, 0.6) is 0 Å². The summed E-state index contributed by atoms with van der Waals surface area (Å²) in [5.74, 6) is -3.88. The minimum absolute atomic E-state index is 0.499. The second-order valence-corrected chi connectivity index (χ2v) is 4.62. The first kappa shape index (κ1) is 13.5. The topological polar surface area (TPSA) is 80.7 Å². The van der Waals surface area contributed by atoms with Crippen molar-refractivity contribution in [2.45, 2.75) is 0 Å². The molecular weight excluding hydrogens is 258 g/mol. The maximum atomic E-state index is 13.1. The number of rotatable bonds is 4. The van der Waals surface area contributed by atoms with Gasteiger partial charge in [-0.3, -0.25) is 4.55 Å². The van der Waals surface area contributed by atoms with Gasteiger partial charge in [0.25, 0.3) is 10.1 Å². The third-order valence-electron chi connectivity index (χ3n) is 1.73. The van der Waals surface area contributed by atoms with E-state index in [4.69, 9.17) is 4.55 Å². The van der Waals surface area contributed by atoms with Crippen LogP contribution in [0.15, 0.2) is 18.2 Å². The van der Waals surface area contributed by atoms with Crippen molar-refractivity contribution in [2.24, 2.45) is 0 Å². The molecule has 0 aromatic heterocycles. The highest BCUT2D eigenvalue weighted by Crippen LogP contribution is 2.10. The molecule has 0 bridgehead atoms. The number of carbonyl (C=O) groups excluding carboxylic acids is 1. The van der Waals surface area contributed by atoms with Crippen molar-refractivity contribution in [3.63, 3.8) is 0 Å². The minimum atomic E-state index is -4.25. The van der Waals surface area contributed by atoms with E-state index in [0.717, 1.165) is 12.1 Å². The predicted octanol–water partition coefficient (Wildman–Crippen LogP) is 1.01. The number of hydrogen-bond donors (Lipinski definition) is 1. The van der Waals surface area contributed by atoms with Crippen molar-refractivity contribution in [3.8, 4) is 0 Å². The Morgan fingerprint density at radius 3 is 2.53 bits per heavy atom. The Morgan fingerprint density at radius 2 is 2.00 bits per heavy atom. The molecule has 0 heterocycles. The first-order chi connectivity index (χ1) is 7.79. The molecule has 0 spiro atoms. The third-order valence-corrected chi connectivity index (χ3v) is 2.41. The standard InChI is InChI=1S/C9H8F2O5S/c10-6-1-2-7(8(11)5-6)9(12)16-3-4-17(13,14)15/h1-2,5H,3-4H2,(H,13,14,15). The third kappa shape index (κ3) is 4.45. The summed E-state index contributed by atoms with van der Waals surface area (Å²) < 4.78 is 58.9. The van der Waals surface area contributed by atoms with Gasteiger partial charge in [0, 0.05) is 6.07 Å². The van der Waals surface area contributed by atoms with Gasteiger partial charge >= 0.3 is 5.97 Å². The second kappa shape index (κ2) is 5.19. The Bertz CT molecular complexity index is 526. The molecule has 1 aromatic rings. The molecule has 1 rings (SSSR count). The van der Waals surface area contributed by atoms with Gasteiger partial charge in [0.05, 0.1) is 5.56 Å². The zero-order valence-electron chi connectivity index (χ0n) is 8.39. The number of hydrogen-bond acceptors (Lipinski definition) is 4. The van der Waals surface area contributed by atoms with E-state index in [1.165, 1.54) is 0 Å². The maximum Gasteiger partial charge on any atom is 0.341 e. The van der Waals surface area contributed by atoms with E-state index >= 15 is 0 Å². The van der Waals surface area contributed by atoms with Crippen LogP contribution in [0, 0.1) is 11.6 Å². The quantitative estimate of drug-likeness (QED) is 0.649. The molecule has 0 atom stereocenters. The van der Waals surface area contributed by atoms with Gasteiger partial charge in [0.2, 0.25) is 0 Å². The van der Waals surface area contributed by atoms with Gasteiger partial charge in [-0.2, -0.15) is 8.42 Å². The van der Waals surface area contributed by atoms with Gasteiger partial charge in [-0.25, -0.2) is 13.6 Å². The van der Waals surface area contributed by atoms with E-state index in [1.807, 2.05) is 0 Å². The molecule has 17 heavy (non-hydrogen) atoms. The van der Waals surface area contributed by atoms with Crippen molar-refractivity contribution in [1.29, 1.82) is 0 Å². The Kier molecular flexibility index (Phi) is 4.13. The van der Waals surface area contributed by atoms with Crippen LogP contribution in [0.4, 0.5) is 8.78 Å². The molecule has 0 amide bonds. The van der Waals surface area contributed by atoms with Gasteiger partial charge in [0.15, 0.2) is 0 Å². The van der Waals surface area contributed by atoms with Crippen molar-refractivity contribution >= 4 is 16.1 Å².